The first-order chi connectivity index (χ1) is 10.9. The van der Waals surface area contributed by atoms with Crippen molar-refractivity contribution in [2.75, 3.05) is 7.05 Å². The van der Waals surface area contributed by atoms with Gasteiger partial charge in [0.25, 0.3) is 11.1 Å². The van der Waals surface area contributed by atoms with Gasteiger partial charge in [-0.2, -0.15) is 0 Å². The Labute approximate surface area is 143 Å². The number of likely N-dealkylation sites (N-methyl/N-ethyl adjacent to an activating group) is 1. The van der Waals surface area contributed by atoms with Crippen molar-refractivity contribution in [2.45, 2.75) is 13.8 Å². The number of hydrogen-bond donors (Lipinski definition) is 0. The summed E-state index contributed by atoms with van der Waals surface area (Å²) in [6.07, 6.45) is 1.78. The monoisotopic (exact) mass is 346 g/mol. The average Bonchev–Trinajstić information content (AvgIpc) is 2.92. The topological polar surface area (TPSA) is 42.3 Å². The van der Waals surface area contributed by atoms with E-state index in [0.29, 0.717) is 9.93 Å². The number of hydrogen-bond acceptors (Lipinski definition) is 3. The number of rotatable bonds is 2. The Kier molecular flexibility index (Phi) is 4.08. The number of carbonyl (C=O) groups excluding carboxylic acids is 2. The molecule has 6 heteroatoms. The van der Waals surface area contributed by atoms with Crippen molar-refractivity contribution in [3.8, 4) is 5.69 Å². The largest absolute Gasteiger partial charge is 0.318 e. The molecule has 118 valence electrons. The second-order valence-corrected chi connectivity index (χ2v) is 6.81. The smallest absolute Gasteiger partial charge is 0.293 e. The summed E-state index contributed by atoms with van der Waals surface area (Å²) in [7, 11) is 1.50. The fraction of sp³-hybridized carbons (Fsp3) is 0.176. The van der Waals surface area contributed by atoms with Crippen LogP contribution < -0.4 is 0 Å². The molecular weight excluding hydrogens is 332 g/mol. The van der Waals surface area contributed by atoms with Crippen LogP contribution >= 0.6 is 23.4 Å². The summed E-state index contributed by atoms with van der Waals surface area (Å²) < 4.78 is 2.10. The van der Waals surface area contributed by atoms with Crippen molar-refractivity contribution in [1.82, 2.24) is 9.47 Å². The van der Waals surface area contributed by atoms with E-state index >= 15 is 0 Å². The molecule has 1 aromatic heterocycles. The molecule has 0 radical (unpaired) electrons. The van der Waals surface area contributed by atoms with Gasteiger partial charge in [-0.1, -0.05) is 11.6 Å². The Morgan fingerprint density at radius 3 is 2.35 bits per heavy atom. The van der Waals surface area contributed by atoms with Crippen LogP contribution in [-0.2, 0) is 4.79 Å². The third-order valence-corrected chi connectivity index (χ3v) is 5.04. The molecule has 2 amide bonds. The van der Waals surface area contributed by atoms with Gasteiger partial charge >= 0.3 is 0 Å². The SMILES string of the molecule is Cc1cc(C=C2SC(=O)N(C)C2=O)c(C)n1-c1ccc(Cl)cc1. The average molecular weight is 347 g/mol. The molecule has 1 aliphatic heterocycles. The molecule has 0 N–H and O–H groups in total. The minimum absolute atomic E-state index is 0.243. The van der Waals surface area contributed by atoms with Crippen molar-refractivity contribution < 1.29 is 9.59 Å². The van der Waals surface area contributed by atoms with E-state index in [4.69, 9.17) is 11.6 Å². The van der Waals surface area contributed by atoms with Gasteiger partial charge in [0, 0.05) is 29.1 Å². The fourth-order valence-corrected chi connectivity index (χ4v) is 3.55. The molecule has 2 heterocycles. The van der Waals surface area contributed by atoms with Crippen LogP contribution in [0.3, 0.4) is 0 Å². The van der Waals surface area contributed by atoms with Gasteiger partial charge in [-0.25, -0.2) is 0 Å². The zero-order valence-electron chi connectivity index (χ0n) is 13.0. The number of benzene rings is 1. The zero-order chi connectivity index (χ0) is 16.7. The van der Waals surface area contributed by atoms with Crippen LogP contribution in [-0.4, -0.2) is 27.7 Å². The van der Waals surface area contributed by atoms with E-state index in [1.54, 1.807) is 6.08 Å². The van der Waals surface area contributed by atoms with Gasteiger partial charge in [0.15, 0.2) is 0 Å². The third-order valence-electron chi connectivity index (χ3n) is 3.83. The number of thioether (sulfide) groups is 1. The molecule has 23 heavy (non-hydrogen) atoms. The molecule has 1 fully saturated rings. The first kappa shape index (κ1) is 15.9. The summed E-state index contributed by atoms with van der Waals surface area (Å²) in [5.74, 6) is -0.253. The number of carbonyl (C=O) groups is 2. The Balaban J connectivity index is 2.03. The van der Waals surface area contributed by atoms with Crippen molar-refractivity contribution >= 4 is 40.6 Å². The molecule has 2 aromatic rings. The molecule has 0 saturated carbocycles. The highest BCUT2D eigenvalue weighted by Gasteiger charge is 2.32. The molecule has 0 unspecified atom stereocenters. The van der Waals surface area contributed by atoms with E-state index < -0.39 is 0 Å². The number of imide groups is 1. The van der Waals surface area contributed by atoms with Gasteiger partial charge < -0.3 is 4.57 Å². The Bertz CT molecular complexity index is 837. The number of halogens is 1. The summed E-state index contributed by atoms with van der Waals surface area (Å²) in [6.45, 7) is 3.99. The van der Waals surface area contributed by atoms with Crippen LogP contribution in [0.4, 0.5) is 4.79 Å². The molecule has 0 aliphatic carbocycles. The number of nitrogens with zero attached hydrogens (tertiary/aromatic N) is 2. The quantitative estimate of drug-likeness (QED) is 0.756. The number of aromatic nitrogens is 1. The van der Waals surface area contributed by atoms with Crippen molar-refractivity contribution in [3.63, 3.8) is 0 Å². The zero-order valence-corrected chi connectivity index (χ0v) is 14.5. The second-order valence-electron chi connectivity index (χ2n) is 5.38. The maximum atomic E-state index is 12.0. The van der Waals surface area contributed by atoms with Crippen LogP contribution in [0, 0.1) is 13.8 Å². The van der Waals surface area contributed by atoms with Gasteiger partial charge in [-0.3, -0.25) is 14.5 Å². The van der Waals surface area contributed by atoms with Crippen molar-refractivity contribution in [2.24, 2.45) is 0 Å². The summed E-state index contributed by atoms with van der Waals surface area (Å²) in [4.78, 5) is 25.2. The molecule has 3 rings (SSSR count). The van der Waals surface area contributed by atoms with Crippen LogP contribution in [0.5, 0.6) is 0 Å². The van der Waals surface area contributed by atoms with E-state index in [1.807, 2.05) is 44.2 Å². The predicted octanol–water partition coefficient (Wildman–Crippen LogP) is 4.41. The molecule has 1 saturated heterocycles. The molecular formula is C17H15ClN2O2S. The van der Waals surface area contributed by atoms with Gasteiger partial charge in [0.2, 0.25) is 0 Å². The van der Waals surface area contributed by atoms with E-state index in [0.717, 1.165) is 39.3 Å². The van der Waals surface area contributed by atoms with Crippen LogP contribution in [0.15, 0.2) is 35.2 Å². The maximum Gasteiger partial charge on any atom is 0.293 e. The Hall–Kier alpha value is -1.98. The Morgan fingerprint density at radius 1 is 1.13 bits per heavy atom. The normalized spacial score (nSPS) is 16.7. The molecule has 1 aromatic carbocycles. The predicted molar refractivity (Wildman–Crippen MR) is 94.0 cm³/mol. The lowest BCUT2D eigenvalue weighted by Crippen LogP contribution is -2.22. The lowest BCUT2D eigenvalue weighted by molar-refractivity contribution is -0.121. The van der Waals surface area contributed by atoms with Crippen LogP contribution in [0.25, 0.3) is 11.8 Å². The van der Waals surface area contributed by atoms with Gasteiger partial charge in [0.1, 0.15) is 0 Å². The summed E-state index contributed by atoms with van der Waals surface area (Å²) in [5, 5.41) is 0.445. The van der Waals surface area contributed by atoms with Crippen LogP contribution in [0.2, 0.25) is 5.02 Å². The van der Waals surface area contributed by atoms with Crippen LogP contribution in [0.1, 0.15) is 17.0 Å². The number of amides is 2. The van der Waals surface area contributed by atoms with E-state index in [9.17, 15) is 9.59 Å². The molecule has 0 spiro atoms. The standard InChI is InChI=1S/C17H15ClN2O2S/c1-10-8-12(9-15-16(21)19(3)17(22)23-15)11(2)20(10)14-6-4-13(18)5-7-14/h4-9H,1-3H3. The second kappa shape index (κ2) is 5.91. The molecule has 1 aliphatic rings. The summed E-state index contributed by atoms with van der Waals surface area (Å²) in [6, 6.07) is 9.60. The van der Waals surface area contributed by atoms with Crippen molar-refractivity contribution in [3.05, 3.63) is 57.2 Å². The van der Waals surface area contributed by atoms with Gasteiger partial charge in [-0.05, 0) is 67.6 Å². The molecule has 0 atom stereocenters. The molecule has 4 nitrogen and oxygen atoms in total. The fourth-order valence-electron chi connectivity index (χ4n) is 2.61. The Morgan fingerprint density at radius 2 is 1.78 bits per heavy atom. The van der Waals surface area contributed by atoms with E-state index in [-0.39, 0.29) is 11.1 Å². The first-order valence-electron chi connectivity index (χ1n) is 7.05. The van der Waals surface area contributed by atoms with Crippen molar-refractivity contribution in [1.29, 1.82) is 0 Å². The summed E-state index contributed by atoms with van der Waals surface area (Å²) >= 11 is 6.92. The van der Waals surface area contributed by atoms with E-state index in [1.165, 1.54) is 7.05 Å². The lowest BCUT2D eigenvalue weighted by atomic mass is 10.2. The highest BCUT2D eigenvalue weighted by molar-refractivity contribution is 8.18. The maximum absolute atomic E-state index is 12.0. The van der Waals surface area contributed by atoms with Gasteiger partial charge in [0.05, 0.1) is 4.91 Å². The molecule has 0 bridgehead atoms. The lowest BCUT2D eigenvalue weighted by Gasteiger charge is -2.09. The third kappa shape index (κ3) is 2.82. The summed E-state index contributed by atoms with van der Waals surface area (Å²) in [5.41, 5.74) is 3.99. The first-order valence-corrected chi connectivity index (χ1v) is 8.24. The van der Waals surface area contributed by atoms with Gasteiger partial charge in [-0.15, -0.1) is 0 Å². The highest BCUT2D eigenvalue weighted by Crippen LogP contribution is 2.32. The van der Waals surface area contributed by atoms with E-state index in [2.05, 4.69) is 4.57 Å². The minimum Gasteiger partial charge on any atom is -0.318 e. The number of aryl methyl sites for hydroxylation is 1. The minimum atomic E-state index is -0.253. The highest BCUT2D eigenvalue weighted by atomic mass is 35.5.